The molecule has 14 heteroatoms. The fourth-order valence-corrected chi connectivity index (χ4v) is 4.93. The number of phenols is 1. The number of carbonyl (C=O) groups excluding carboxylic acids is 1. The van der Waals surface area contributed by atoms with Crippen LogP contribution in [0.5, 0.6) is 11.5 Å². The number of phenolic OH excluding ortho intramolecular Hbond substituents is 1. The second-order valence-corrected chi connectivity index (χ2v) is 9.95. The molecule has 0 atom stereocenters. The molecule has 0 bridgehead atoms. The van der Waals surface area contributed by atoms with E-state index in [-0.39, 0.29) is 116 Å². The topological polar surface area (TPSA) is 105 Å². The Labute approximate surface area is 324 Å². The number of aromatic hydroxyl groups is 1. The third-order valence-electron chi connectivity index (χ3n) is 3.47. The molecular weight excluding hydrogens is 742 g/mol. The number of ether oxygens (including phenoxy) is 1. The number of thiazole rings is 2. The number of carbonyl (C=O) groups is 1. The van der Waals surface area contributed by atoms with Crippen LogP contribution in [0, 0.1) is 0 Å². The van der Waals surface area contributed by atoms with E-state index < -0.39 is 0 Å². The second kappa shape index (κ2) is 26.2. The van der Waals surface area contributed by atoms with Crippen molar-refractivity contribution < 1.29 is 129 Å². The van der Waals surface area contributed by atoms with E-state index in [9.17, 15) is 0 Å². The van der Waals surface area contributed by atoms with Crippen LogP contribution in [0.4, 0.5) is 0 Å². The molecule has 4 rings (SSSR count). The number of halogens is 3. The zero-order valence-corrected chi connectivity index (χ0v) is 32.0. The van der Waals surface area contributed by atoms with Gasteiger partial charge >= 0.3 is 103 Å². The summed E-state index contributed by atoms with van der Waals surface area (Å²) >= 11 is 13.1. The van der Waals surface area contributed by atoms with Crippen molar-refractivity contribution in [3.05, 3.63) is 47.4 Å². The van der Waals surface area contributed by atoms with Crippen LogP contribution >= 0.6 is 70.5 Å². The first-order valence-electron chi connectivity index (χ1n) is 9.48. The minimum absolute atomic E-state index is 0. The molecular formula is C21H23Br3K2N2O5S2. The molecule has 0 saturated carbocycles. The summed E-state index contributed by atoms with van der Waals surface area (Å²) in [4.78, 5) is 19.5. The first-order chi connectivity index (χ1) is 16.1. The van der Waals surface area contributed by atoms with Crippen LogP contribution < -0.4 is 113 Å². The number of aromatic nitrogens is 2. The quantitative estimate of drug-likeness (QED) is 0.0716. The van der Waals surface area contributed by atoms with Crippen molar-refractivity contribution in [2.75, 3.05) is 22.6 Å². The van der Waals surface area contributed by atoms with Crippen LogP contribution in [0.15, 0.2) is 47.4 Å². The van der Waals surface area contributed by atoms with Gasteiger partial charge in [-0.05, 0) is 37.1 Å². The smallest absolute Gasteiger partial charge is 1.00 e. The number of hydrogen-bond acceptors (Lipinski definition) is 9. The summed E-state index contributed by atoms with van der Waals surface area (Å²) < 4.78 is 7.87. The third kappa shape index (κ3) is 18.0. The predicted molar refractivity (Wildman–Crippen MR) is 145 cm³/mol. The number of hydrogen-bond donors (Lipinski definition) is 1. The van der Waals surface area contributed by atoms with Gasteiger partial charge in [0.15, 0.2) is 0 Å². The average molecular weight is 765 g/mol. The third-order valence-corrected chi connectivity index (χ3v) is 6.77. The first-order valence-corrected chi connectivity index (χ1v) is 14.6. The minimum Gasteiger partial charge on any atom is -1.00 e. The maximum absolute atomic E-state index is 9.01. The Balaban J connectivity index is -0.000000438. The van der Waals surface area contributed by atoms with Gasteiger partial charge in [0.1, 0.15) is 11.5 Å². The van der Waals surface area contributed by atoms with E-state index in [1.807, 2.05) is 23.7 Å². The number of benzene rings is 2. The van der Waals surface area contributed by atoms with Gasteiger partial charge in [-0.3, -0.25) is 4.79 Å². The van der Waals surface area contributed by atoms with Gasteiger partial charge in [0.05, 0.1) is 38.1 Å². The first kappa shape index (κ1) is 39.1. The molecule has 0 fully saturated rings. The molecule has 1 N–H and O–H groups in total. The molecule has 0 radical (unpaired) electrons. The zero-order valence-electron chi connectivity index (χ0n) is 20.4. The average Bonchev–Trinajstić information content (AvgIpc) is 3.49. The summed E-state index contributed by atoms with van der Waals surface area (Å²) in [5.74, 6) is 1.18. The van der Waals surface area contributed by atoms with Crippen molar-refractivity contribution in [2.45, 2.75) is 12.8 Å². The maximum Gasteiger partial charge on any atom is 1.00 e. The van der Waals surface area contributed by atoms with E-state index in [2.05, 4.69) is 68.7 Å². The monoisotopic (exact) mass is 762 g/mol. The van der Waals surface area contributed by atoms with Crippen molar-refractivity contribution in [3.63, 3.8) is 0 Å². The summed E-state index contributed by atoms with van der Waals surface area (Å²) in [5, 5.41) is 20.6. The zero-order chi connectivity index (χ0) is 24.3. The summed E-state index contributed by atoms with van der Waals surface area (Å²) in [5.41, 5.74) is 5.51. The Hall–Kier alpha value is 1.96. The van der Waals surface area contributed by atoms with E-state index in [0.717, 1.165) is 50.5 Å². The van der Waals surface area contributed by atoms with Gasteiger partial charge < -0.3 is 21.4 Å². The number of alkyl halides is 3. The molecule has 182 valence electrons. The molecule has 0 aliphatic rings. The van der Waals surface area contributed by atoms with Gasteiger partial charge in [0.2, 0.25) is 0 Å². The normalized spacial score (nSPS) is 9.03. The Morgan fingerprint density at radius 3 is 1.91 bits per heavy atom. The van der Waals surface area contributed by atoms with Crippen molar-refractivity contribution >= 4 is 97.4 Å². The van der Waals surface area contributed by atoms with Gasteiger partial charge in [-0.25, -0.2) is 9.97 Å². The molecule has 35 heavy (non-hydrogen) atoms. The molecule has 7 nitrogen and oxygen atoms in total. The summed E-state index contributed by atoms with van der Waals surface area (Å²) in [6, 6.07) is 11.2. The van der Waals surface area contributed by atoms with Crippen molar-refractivity contribution in [3.8, 4) is 11.5 Å². The van der Waals surface area contributed by atoms with Crippen LogP contribution in [0.1, 0.15) is 14.3 Å². The number of rotatable bonds is 7. The molecule has 2 heterocycles. The standard InChI is InChI=1S/C10H10BrNOS.C7H5NOS.C3H6Br2.CH2O3.2K.H/c11-4-1-5-13-8-2-3-10-9(6-8)12-7-14-10;9-5-1-2-7-6(3-5)8-4-10-7;4-2-1-3-5;2-1-4-3;;;/h2-3,6-7H,1,4-5H2;1-4,9H;1-3H2;1,3H;;;/q;;;;2*+1;-1/p-1. The van der Waals surface area contributed by atoms with Gasteiger partial charge in [-0.2, -0.15) is 0 Å². The predicted octanol–water partition coefficient (Wildman–Crippen LogP) is 0.184. The molecule has 2 aromatic carbocycles. The van der Waals surface area contributed by atoms with E-state index in [0.29, 0.717) is 0 Å². The van der Waals surface area contributed by atoms with E-state index >= 15 is 0 Å². The number of nitrogens with zero attached hydrogens (tertiary/aromatic N) is 2. The van der Waals surface area contributed by atoms with Crippen LogP contribution in [-0.2, 0) is 9.68 Å². The molecule has 4 aromatic rings. The van der Waals surface area contributed by atoms with Gasteiger partial charge in [0, 0.05) is 28.1 Å². The Kier molecular flexibility index (Phi) is 29.3. The van der Waals surface area contributed by atoms with E-state index in [1.165, 1.54) is 11.1 Å². The van der Waals surface area contributed by atoms with Gasteiger partial charge in [0.25, 0.3) is 6.47 Å². The maximum atomic E-state index is 9.01. The summed E-state index contributed by atoms with van der Waals surface area (Å²) in [6.07, 6.45) is 2.25. The fraction of sp³-hybridized carbons (Fsp3) is 0.286. The molecule has 0 aliphatic carbocycles. The minimum atomic E-state index is -0.181. The Bertz CT molecular complexity index is 1060. The van der Waals surface area contributed by atoms with Crippen molar-refractivity contribution in [1.29, 1.82) is 0 Å². The van der Waals surface area contributed by atoms with Gasteiger partial charge in [-0.15, -0.1) is 22.7 Å². The Morgan fingerprint density at radius 2 is 1.43 bits per heavy atom. The Morgan fingerprint density at radius 1 is 0.914 bits per heavy atom. The summed E-state index contributed by atoms with van der Waals surface area (Å²) in [6.45, 7) is 0.570. The summed E-state index contributed by atoms with van der Waals surface area (Å²) in [7, 11) is 0. The van der Waals surface area contributed by atoms with Gasteiger partial charge in [-0.1, -0.05) is 47.8 Å². The molecule has 0 amide bonds. The largest absolute Gasteiger partial charge is 1.00 e. The van der Waals surface area contributed by atoms with Crippen LogP contribution in [0.25, 0.3) is 20.4 Å². The molecule has 2 aromatic heterocycles. The van der Waals surface area contributed by atoms with Crippen molar-refractivity contribution in [2.24, 2.45) is 0 Å². The molecule has 0 unspecified atom stereocenters. The molecule has 0 aliphatic heterocycles. The van der Waals surface area contributed by atoms with Crippen LogP contribution in [0.2, 0.25) is 0 Å². The molecule has 0 spiro atoms. The fourth-order valence-electron chi connectivity index (χ4n) is 2.07. The van der Waals surface area contributed by atoms with E-state index in [4.69, 9.17) is 19.9 Å². The molecule has 0 saturated heterocycles. The van der Waals surface area contributed by atoms with E-state index in [1.54, 1.807) is 40.3 Å². The second-order valence-electron chi connectivity index (χ2n) is 5.80. The van der Waals surface area contributed by atoms with Crippen LogP contribution in [0.3, 0.4) is 0 Å². The van der Waals surface area contributed by atoms with Crippen LogP contribution in [-0.4, -0.2) is 44.1 Å². The SMILES string of the molecule is BrCCCBr.BrCCCOc1ccc2scnc2c1.O=CO[O-].Oc1ccc2scnc2c1.[H-].[K+].[K+]. The number of fused-ring (bicyclic) bond motifs is 2. The van der Waals surface area contributed by atoms with Crippen molar-refractivity contribution in [1.82, 2.24) is 9.97 Å².